The molecule has 0 bridgehead atoms. The van der Waals surface area contributed by atoms with Gasteiger partial charge in [-0.25, -0.2) is 0 Å². The fourth-order valence-electron chi connectivity index (χ4n) is 1.83. The van der Waals surface area contributed by atoms with Crippen molar-refractivity contribution in [3.8, 4) is 0 Å². The first-order valence-electron chi connectivity index (χ1n) is 5.61. The van der Waals surface area contributed by atoms with Gasteiger partial charge in [0.15, 0.2) is 0 Å². The number of nitrogens with zero attached hydrogens (tertiary/aromatic N) is 1. The Morgan fingerprint density at radius 3 is 2.21 bits per heavy atom. The Kier molecular flexibility index (Phi) is 6.33. The summed E-state index contributed by atoms with van der Waals surface area (Å²) in [5.41, 5.74) is 4.96. The van der Waals surface area contributed by atoms with Crippen molar-refractivity contribution < 1.29 is 5.11 Å². The third-order valence-corrected chi connectivity index (χ3v) is 2.48. The van der Waals surface area contributed by atoms with Crippen LogP contribution in [0.2, 0.25) is 0 Å². The highest BCUT2D eigenvalue weighted by molar-refractivity contribution is 4.77. The zero-order valence-electron chi connectivity index (χ0n) is 10.1. The van der Waals surface area contributed by atoms with E-state index in [0.29, 0.717) is 6.04 Å². The predicted molar refractivity (Wildman–Crippen MR) is 61.3 cm³/mol. The van der Waals surface area contributed by atoms with Crippen molar-refractivity contribution in [1.29, 1.82) is 0 Å². The van der Waals surface area contributed by atoms with E-state index < -0.39 is 5.60 Å². The van der Waals surface area contributed by atoms with Gasteiger partial charge in [0, 0.05) is 12.6 Å². The Morgan fingerprint density at radius 1 is 1.36 bits per heavy atom. The van der Waals surface area contributed by atoms with Gasteiger partial charge in [0.25, 0.3) is 0 Å². The lowest BCUT2D eigenvalue weighted by Crippen LogP contribution is -2.44. The van der Waals surface area contributed by atoms with Crippen molar-refractivity contribution in [3.05, 3.63) is 0 Å². The van der Waals surface area contributed by atoms with Gasteiger partial charge in [0.2, 0.25) is 0 Å². The summed E-state index contributed by atoms with van der Waals surface area (Å²) in [6.45, 7) is 10.4. The van der Waals surface area contributed by atoms with Crippen LogP contribution in [0.25, 0.3) is 0 Å². The Morgan fingerprint density at radius 2 is 1.93 bits per heavy atom. The van der Waals surface area contributed by atoms with Crippen LogP contribution < -0.4 is 5.73 Å². The molecule has 1 unspecified atom stereocenters. The highest BCUT2D eigenvalue weighted by Gasteiger charge is 2.21. The zero-order chi connectivity index (χ0) is 11.2. The maximum absolute atomic E-state index is 9.76. The molecule has 3 heteroatoms. The number of hydrogen-bond acceptors (Lipinski definition) is 3. The van der Waals surface area contributed by atoms with E-state index in [1.807, 2.05) is 13.8 Å². The molecule has 0 aliphatic rings. The first-order chi connectivity index (χ1) is 6.44. The zero-order valence-corrected chi connectivity index (χ0v) is 10.1. The molecule has 0 heterocycles. The Hall–Kier alpha value is -0.120. The summed E-state index contributed by atoms with van der Waals surface area (Å²) in [6.07, 6.45) is 2.11. The molecule has 0 aromatic carbocycles. The molecular weight excluding hydrogens is 176 g/mol. The molecule has 0 aromatic heterocycles. The van der Waals surface area contributed by atoms with Crippen LogP contribution in [0.1, 0.15) is 40.5 Å². The van der Waals surface area contributed by atoms with Crippen molar-refractivity contribution >= 4 is 0 Å². The van der Waals surface area contributed by atoms with E-state index in [2.05, 4.69) is 18.7 Å². The van der Waals surface area contributed by atoms with E-state index in [0.717, 1.165) is 32.5 Å². The SMILES string of the molecule is CCC(CCN)N(CC)CC(C)(C)O. The summed E-state index contributed by atoms with van der Waals surface area (Å²) in [4.78, 5) is 2.31. The molecule has 1 atom stereocenters. The smallest absolute Gasteiger partial charge is 0.0718 e. The number of rotatable bonds is 7. The van der Waals surface area contributed by atoms with Crippen LogP contribution in [0.5, 0.6) is 0 Å². The van der Waals surface area contributed by atoms with Crippen molar-refractivity contribution in [2.24, 2.45) is 5.73 Å². The minimum absolute atomic E-state index is 0.511. The lowest BCUT2D eigenvalue weighted by molar-refractivity contribution is 0.0208. The molecular formula is C11H26N2O. The van der Waals surface area contributed by atoms with Gasteiger partial charge >= 0.3 is 0 Å². The molecule has 0 fully saturated rings. The van der Waals surface area contributed by atoms with E-state index in [-0.39, 0.29) is 0 Å². The van der Waals surface area contributed by atoms with Crippen LogP contribution in [-0.4, -0.2) is 41.3 Å². The van der Waals surface area contributed by atoms with E-state index >= 15 is 0 Å². The van der Waals surface area contributed by atoms with Gasteiger partial charge in [-0.2, -0.15) is 0 Å². The van der Waals surface area contributed by atoms with Crippen LogP contribution in [0.3, 0.4) is 0 Å². The second-order valence-corrected chi connectivity index (χ2v) is 4.51. The summed E-state index contributed by atoms with van der Waals surface area (Å²) in [5, 5.41) is 9.76. The first kappa shape index (κ1) is 13.9. The highest BCUT2D eigenvalue weighted by atomic mass is 16.3. The molecule has 3 nitrogen and oxygen atoms in total. The average Bonchev–Trinajstić information content (AvgIpc) is 2.09. The van der Waals surface area contributed by atoms with Crippen LogP contribution in [0.4, 0.5) is 0 Å². The maximum atomic E-state index is 9.76. The van der Waals surface area contributed by atoms with Crippen LogP contribution >= 0.6 is 0 Å². The minimum atomic E-state index is -0.613. The van der Waals surface area contributed by atoms with Crippen molar-refractivity contribution in [2.75, 3.05) is 19.6 Å². The van der Waals surface area contributed by atoms with Gasteiger partial charge in [-0.3, -0.25) is 4.90 Å². The molecule has 0 saturated heterocycles. The Labute approximate surface area is 88.3 Å². The molecule has 3 N–H and O–H groups in total. The summed E-state index contributed by atoms with van der Waals surface area (Å²) in [6, 6.07) is 0.511. The molecule has 0 rings (SSSR count). The van der Waals surface area contributed by atoms with E-state index in [1.165, 1.54) is 0 Å². The fourth-order valence-corrected chi connectivity index (χ4v) is 1.83. The highest BCUT2D eigenvalue weighted by Crippen LogP contribution is 2.12. The Balaban J connectivity index is 4.21. The normalized spacial score (nSPS) is 14.8. The van der Waals surface area contributed by atoms with Gasteiger partial charge < -0.3 is 10.8 Å². The van der Waals surface area contributed by atoms with Crippen molar-refractivity contribution in [1.82, 2.24) is 4.90 Å². The van der Waals surface area contributed by atoms with Crippen LogP contribution in [-0.2, 0) is 0 Å². The van der Waals surface area contributed by atoms with E-state index in [9.17, 15) is 5.11 Å². The first-order valence-corrected chi connectivity index (χ1v) is 5.61. The fraction of sp³-hybridized carbons (Fsp3) is 1.00. The largest absolute Gasteiger partial charge is 0.389 e. The summed E-state index contributed by atoms with van der Waals surface area (Å²) < 4.78 is 0. The number of likely N-dealkylation sites (N-methyl/N-ethyl adjacent to an activating group) is 1. The number of aliphatic hydroxyl groups is 1. The molecule has 0 spiro atoms. The lowest BCUT2D eigenvalue weighted by Gasteiger charge is -2.34. The molecule has 0 amide bonds. The monoisotopic (exact) mass is 202 g/mol. The van der Waals surface area contributed by atoms with Crippen LogP contribution in [0.15, 0.2) is 0 Å². The van der Waals surface area contributed by atoms with E-state index in [1.54, 1.807) is 0 Å². The topological polar surface area (TPSA) is 49.5 Å². The minimum Gasteiger partial charge on any atom is -0.389 e. The standard InChI is InChI=1S/C11H26N2O/c1-5-10(7-8-12)13(6-2)9-11(3,4)14/h10,14H,5-9,12H2,1-4H3. The molecule has 0 aromatic rings. The summed E-state index contributed by atoms with van der Waals surface area (Å²) in [5.74, 6) is 0. The average molecular weight is 202 g/mol. The number of nitrogens with two attached hydrogens (primary N) is 1. The third-order valence-electron chi connectivity index (χ3n) is 2.48. The summed E-state index contributed by atoms with van der Waals surface area (Å²) >= 11 is 0. The molecule has 0 aliphatic carbocycles. The second kappa shape index (κ2) is 6.38. The van der Waals surface area contributed by atoms with Gasteiger partial charge in [-0.1, -0.05) is 13.8 Å². The summed E-state index contributed by atoms with van der Waals surface area (Å²) in [7, 11) is 0. The predicted octanol–water partition coefficient (Wildman–Crippen LogP) is 1.21. The molecule has 0 radical (unpaired) electrons. The second-order valence-electron chi connectivity index (χ2n) is 4.51. The number of hydrogen-bond donors (Lipinski definition) is 2. The maximum Gasteiger partial charge on any atom is 0.0718 e. The van der Waals surface area contributed by atoms with Gasteiger partial charge in [0.1, 0.15) is 0 Å². The van der Waals surface area contributed by atoms with Crippen LogP contribution in [0, 0.1) is 0 Å². The van der Waals surface area contributed by atoms with Crippen molar-refractivity contribution in [3.63, 3.8) is 0 Å². The Bertz CT molecular complexity index is 143. The van der Waals surface area contributed by atoms with E-state index in [4.69, 9.17) is 5.73 Å². The van der Waals surface area contributed by atoms with Gasteiger partial charge in [0.05, 0.1) is 5.60 Å². The lowest BCUT2D eigenvalue weighted by atomic mass is 10.0. The molecule has 14 heavy (non-hydrogen) atoms. The molecule has 0 saturated carbocycles. The van der Waals surface area contributed by atoms with Crippen molar-refractivity contribution in [2.45, 2.75) is 52.2 Å². The van der Waals surface area contributed by atoms with Gasteiger partial charge in [-0.05, 0) is 39.8 Å². The third kappa shape index (κ3) is 5.58. The van der Waals surface area contributed by atoms with Gasteiger partial charge in [-0.15, -0.1) is 0 Å². The molecule has 86 valence electrons. The molecule has 0 aliphatic heterocycles. The quantitative estimate of drug-likeness (QED) is 0.652.